The number of aliphatic imine (C=N–C) groups is 2. The number of benzene rings is 1. The lowest BCUT2D eigenvalue weighted by Gasteiger charge is -2.33. The van der Waals surface area contributed by atoms with Crippen molar-refractivity contribution in [2.24, 2.45) is 9.98 Å². The van der Waals surface area contributed by atoms with Crippen LogP contribution < -0.4 is 15.0 Å². The van der Waals surface area contributed by atoms with Crippen LogP contribution in [0.4, 0.5) is 11.5 Å². The van der Waals surface area contributed by atoms with Gasteiger partial charge in [-0.15, -0.1) is 0 Å². The number of nitriles is 1. The Bertz CT molecular complexity index is 1130. The number of rotatable bonds is 5. The molecule has 1 aromatic carbocycles. The SMILES string of the molecule is CN1CCN(c2ccc(NC3=NC=NC(c4ccc(OC5CCN(C)C5)c(C#N)c4)C3)nc2)CC1. The van der Waals surface area contributed by atoms with Gasteiger partial charge in [0.15, 0.2) is 0 Å². The fraction of sp³-hybridized carbons (Fsp3) is 0.462. The standard InChI is InChI=1S/C26H32N8O/c1-32-9-11-34(12-10-32)21-4-6-25(28-16-21)31-26-14-23(29-18-30-26)19-3-5-24(20(13-19)15-27)35-22-7-8-33(2)17-22/h3-6,13,16,18,22-23H,7-12,14,17H2,1-2H3,(H,28,29,30,31). The Kier molecular flexibility index (Phi) is 6.93. The number of likely N-dealkylation sites (tertiary alicyclic amines) is 1. The number of ether oxygens (including phenoxy) is 1. The Labute approximate surface area is 206 Å². The van der Waals surface area contributed by atoms with Gasteiger partial charge in [-0.2, -0.15) is 5.26 Å². The van der Waals surface area contributed by atoms with Crippen LogP contribution in [0.1, 0.15) is 30.0 Å². The zero-order valence-corrected chi connectivity index (χ0v) is 20.4. The fourth-order valence-electron chi connectivity index (χ4n) is 4.73. The van der Waals surface area contributed by atoms with E-state index in [0.717, 1.165) is 68.6 Å². The molecular formula is C26H32N8O. The Morgan fingerprint density at radius 1 is 1.06 bits per heavy atom. The zero-order valence-electron chi connectivity index (χ0n) is 20.4. The van der Waals surface area contributed by atoms with Crippen molar-refractivity contribution in [2.75, 3.05) is 63.6 Å². The van der Waals surface area contributed by atoms with E-state index in [1.165, 1.54) is 0 Å². The molecule has 0 saturated carbocycles. The molecule has 2 unspecified atom stereocenters. The quantitative estimate of drug-likeness (QED) is 0.715. The fourth-order valence-corrected chi connectivity index (χ4v) is 4.73. The number of likely N-dealkylation sites (N-methyl/N-ethyl adjacent to an activating group) is 2. The van der Waals surface area contributed by atoms with Gasteiger partial charge in [0.2, 0.25) is 0 Å². The molecule has 1 N–H and O–H groups in total. The average molecular weight is 473 g/mol. The Morgan fingerprint density at radius 2 is 1.91 bits per heavy atom. The Balaban J connectivity index is 1.21. The molecular weight excluding hydrogens is 440 g/mol. The molecule has 0 radical (unpaired) electrons. The van der Waals surface area contributed by atoms with Gasteiger partial charge >= 0.3 is 0 Å². The van der Waals surface area contributed by atoms with Gasteiger partial charge in [0.05, 0.1) is 23.5 Å². The Morgan fingerprint density at radius 3 is 2.63 bits per heavy atom. The van der Waals surface area contributed by atoms with Crippen LogP contribution in [-0.4, -0.2) is 86.4 Å². The second-order valence-corrected chi connectivity index (χ2v) is 9.54. The van der Waals surface area contributed by atoms with Crippen molar-refractivity contribution in [3.63, 3.8) is 0 Å². The highest BCUT2D eigenvalue weighted by Gasteiger charge is 2.23. The average Bonchev–Trinajstić information content (AvgIpc) is 3.30. The van der Waals surface area contributed by atoms with E-state index in [0.29, 0.717) is 17.7 Å². The normalized spacial score (nSPS) is 23.1. The number of anilines is 2. The molecule has 2 saturated heterocycles. The number of nitrogens with zero attached hydrogens (tertiary/aromatic N) is 7. The maximum atomic E-state index is 9.71. The van der Waals surface area contributed by atoms with Crippen LogP contribution >= 0.6 is 0 Å². The molecule has 3 aliphatic heterocycles. The molecule has 4 heterocycles. The van der Waals surface area contributed by atoms with Crippen molar-refractivity contribution >= 4 is 23.7 Å². The molecule has 5 rings (SSSR count). The largest absolute Gasteiger partial charge is 0.488 e. The van der Waals surface area contributed by atoms with Crippen molar-refractivity contribution in [3.8, 4) is 11.8 Å². The van der Waals surface area contributed by atoms with Crippen LogP contribution in [0.3, 0.4) is 0 Å². The molecule has 2 atom stereocenters. The predicted molar refractivity (Wildman–Crippen MR) is 139 cm³/mol. The van der Waals surface area contributed by atoms with E-state index in [9.17, 15) is 5.26 Å². The van der Waals surface area contributed by atoms with E-state index in [-0.39, 0.29) is 12.1 Å². The molecule has 2 fully saturated rings. The van der Waals surface area contributed by atoms with Gasteiger partial charge in [0.1, 0.15) is 35.9 Å². The summed E-state index contributed by atoms with van der Waals surface area (Å²) >= 11 is 0. The molecule has 1 aromatic heterocycles. The van der Waals surface area contributed by atoms with E-state index in [4.69, 9.17) is 4.74 Å². The second kappa shape index (κ2) is 10.4. The second-order valence-electron chi connectivity index (χ2n) is 9.54. The van der Waals surface area contributed by atoms with Crippen molar-refractivity contribution in [1.82, 2.24) is 14.8 Å². The number of piperazine rings is 1. The van der Waals surface area contributed by atoms with E-state index in [1.54, 1.807) is 6.34 Å². The minimum atomic E-state index is -0.113. The predicted octanol–water partition coefficient (Wildman–Crippen LogP) is 2.77. The van der Waals surface area contributed by atoms with Gasteiger partial charge in [-0.3, -0.25) is 4.99 Å². The number of pyridine rings is 1. The van der Waals surface area contributed by atoms with Crippen molar-refractivity contribution < 1.29 is 4.74 Å². The molecule has 0 aliphatic carbocycles. The van der Waals surface area contributed by atoms with Gasteiger partial charge in [-0.25, -0.2) is 9.98 Å². The molecule has 0 amide bonds. The molecule has 0 bridgehead atoms. The third-order valence-electron chi connectivity index (χ3n) is 6.89. The molecule has 3 aliphatic rings. The van der Waals surface area contributed by atoms with Crippen LogP contribution in [0.25, 0.3) is 0 Å². The molecule has 182 valence electrons. The lowest BCUT2D eigenvalue weighted by atomic mass is 10.0. The van der Waals surface area contributed by atoms with Gasteiger partial charge in [0.25, 0.3) is 0 Å². The van der Waals surface area contributed by atoms with Crippen molar-refractivity contribution in [2.45, 2.75) is 25.0 Å². The van der Waals surface area contributed by atoms with Crippen LogP contribution in [0.2, 0.25) is 0 Å². The number of amidine groups is 1. The summed E-state index contributed by atoms with van der Waals surface area (Å²) in [5, 5.41) is 13.1. The maximum Gasteiger partial charge on any atom is 0.137 e. The summed E-state index contributed by atoms with van der Waals surface area (Å²) in [7, 11) is 4.24. The smallest absolute Gasteiger partial charge is 0.137 e. The first-order valence-electron chi connectivity index (χ1n) is 12.2. The summed E-state index contributed by atoms with van der Waals surface area (Å²) in [4.78, 5) is 20.5. The zero-order chi connectivity index (χ0) is 24.2. The maximum absolute atomic E-state index is 9.71. The van der Waals surface area contributed by atoms with E-state index in [1.807, 2.05) is 30.5 Å². The highest BCUT2D eigenvalue weighted by atomic mass is 16.5. The van der Waals surface area contributed by atoms with Crippen LogP contribution in [0.5, 0.6) is 5.75 Å². The highest BCUT2D eigenvalue weighted by Crippen LogP contribution is 2.30. The monoisotopic (exact) mass is 472 g/mol. The lowest BCUT2D eigenvalue weighted by Crippen LogP contribution is -2.44. The minimum Gasteiger partial charge on any atom is -0.488 e. The number of hydrogen-bond donors (Lipinski definition) is 1. The van der Waals surface area contributed by atoms with Gasteiger partial charge in [-0.05, 0) is 50.3 Å². The van der Waals surface area contributed by atoms with Crippen molar-refractivity contribution in [3.05, 3.63) is 47.7 Å². The Hall–Kier alpha value is -3.48. The summed E-state index contributed by atoms with van der Waals surface area (Å²) in [6.07, 6.45) is 5.22. The topological polar surface area (TPSA) is 92.4 Å². The summed E-state index contributed by atoms with van der Waals surface area (Å²) in [6.45, 7) is 6.07. The summed E-state index contributed by atoms with van der Waals surface area (Å²) in [6, 6.07) is 12.1. The minimum absolute atomic E-state index is 0.113. The van der Waals surface area contributed by atoms with E-state index >= 15 is 0 Å². The van der Waals surface area contributed by atoms with Gasteiger partial charge < -0.3 is 24.8 Å². The van der Waals surface area contributed by atoms with Crippen LogP contribution in [-0.2, 0) is 0 Å². The highest BCUT2D eigenvalue weighted by molar-refractivity contribution is 6.00. The number of nitrogens with one attached hydrogen (secondary N) is 1. The first-order chi connectivity index (χ1) is 17.1. The molecule has 2 aromatic rings. The van der Waals surface area contributed by atoms with Crippen molar-refractivity contribution in [1.29, 1.82) is 5.26 Å². The molecule has 9 nitrogen and oxygen atoms in total. The van der Waals surface area contributed by atoms with E-state index < -0.39 is 0 Å². The van der Waals surface area contributed by atoms with Gasteiger partial charge in [-0.1, -0.05) is 6.07 Å². The van der Waals surface area contributed by atoms with E-state index in [2.05, 4.69) is 61.2 Å². The number of hydrogen-bond acceptors (Lipinski definition) is 9. The molecule has 35 heavy (non-hydrogen) atoms. The number of aromatic nitrogens is 1. The third kappa shape index (κ3) is 5.61. The van der Waals surface area contributed by atoms with Gasteiger partial charge in [0, 0.05) is 45.7 Å². The molecule has 9 heteroatoms. The van der Waals surface area contributed by atoms with Crippen LogP contribution in [0.15, 0.2) is 46.5 Å². The summed E-state index contributed by atoms with van der Waals surface area (Å²) in [5.41, 5.74) is 2.66. The third-order valence-corrected chi connectivity index (χ3v) is 6.89. The molecule has 0 spiro atoms. The lowest BCUT2D eigenvalue weighted by molar-refractivity contribution is 0.207. The first kappa shape index (κ1) is 23.3. The summed E-state index contributed by atoms with van der Waals surface area (Å²) in [5.74, 6) is 2.21. The van der Waals surface area contributed by atoms with Crippen LogP contribution in [0, 0.1) is 11.3 Å². The summed E-state index contributed by atoms with van der Waals surface area (Å²) < 4.78 is 6.12. The first-order valence-corrected chi connectivity index (χ1v) is 12.2.